The standard InChI is InChI=1S/C60H56N4O/c1-40(2)32-41-30-31-61-57(33-41)64-53-25-13-12-22-51(53)52-29-28-48(38-56(52)64)65-47-21-16-20-46(37-47)62-39-63(55-27-15-14-26-54(55)62)58-49(42-18-10-9-11-19-42)23-17-24-50(58)43-34-44(59(3,4)5)36-45(35-43)60(6,7)8/h9-31,33-38,40H,32H2,1-8H3/i9D,10D,11D,12D,13D,18D,19D,22D,25D,32D2. The maximum Gasteiger partial charge on any atom is 0.269 e. The molecule has 10 aromatic rings. The molecule has 0 bridgehead atoms. The van der Waals surface area contributed by atoms with Gasteiger partial charge in [0.1, 0.15) is 17.3 Å². The molecule has 10 rings (SSSR count). The molecule has 0 unspecified atom stereocenters. The summed E-state index contributed by atoms with van der Waals surface area (Å²) in [7, 11) is 0. The lowest BCUT2D eigenvalue weighted by Crippen LogP contribution is -2.31. The molecule has 3 heterocycles. The van der Waals surface area contributed by atoms with Crippen LogP contribution in [0.25, 0.3) is 72.3 Å². The van der Waals surface area contributed by atoms with E-state index in [1.54, 1.807) is 54.8 Å². The molecule has 0 radical (unpaired) electrons. The number of rotatable bonds is 9. The summed E-state index contributed by atoms with van der Waals surface area (Å²) in [6.45, 7) is 16.6. The Labute approximate surface area is 398 Å². The Kier molecular flexibility index (Phi) is 7.76. The van der Waals surface area contributed by atoms with E-state index in [4.69, 9.17) is 17.1 Å². The topological polar surface area (TPSA) is 35.9 Å². The normalized spacial score (nSPS) is 14.8. The van der Waals surface area contributed by atoms with Crippen molar-refractivity contribution in [2.45, 2.75) is 72.6 Å². The second kappa shape index (κ2) is 16.4. The first kappa shape index (κ1) is 30.8. The zero-order valence-electron chi connectivity index (χ0n) is 48.8. The number of para-hydroxylation sites is 4. The summed E-state index contributed by atoms with van der Waals surface area (Å²) >= 11 is 0. The Balaban J connectivity index is 1.16. The van der Waals surface area contributed by atoms with Crippen LogP contribution in [0, 0.1) is 12.2 Å². The van der Waals surface area contributed by atoms with Gasteiger partial charge in [-0.05, 0) is 111 Å². The van der Waals surface area contributed by atoms with Gasteiger partial charge in [-0.15, -0.1) is 0 Å². The lowest BCUT2D eigenvalue weighted by Gasteiger charge is -2.27. The molecular weight excluding hydrogens is 793 g/mol. The van der Waals surface area contributed by atoms with Crippen LogP contribution in [0.5, 0.6) is 11.5 Å². The van der Waals surface area contributed by atoms with Crippen LogP contribution in [0.15, 0.2) is 176 Å². The molecule has 0 aliphatic rings. The minimum absolute atomic E-state index is 0.0631. The van der Waals surface area contributed by atoms with Crippen molar-refractivity contribution < 1.29 is 24.4 Å². The third-order valence-corrected chi connectivity index (χ3v) is 11.7. The molecule has 0 saturated heterocycles. The lowest BCUT2D eigenvalue weighted by atomic mass is 9.78. The Hall–Kier alpha value is -7.24. The molecule has 5 heteroatoms. The Morgan fingerprint density at radius 2 is 1.34 bits per heavy atom. The first-order valence-electron chi connectivity index (χ1n) is 27.4. The number of hydrogen-bond acceptors (Lipinski definition) is 2. The Bertz CT molecular complexity index is 3950. The number of fused-ring (bicyclic) bond motifs is 4. The van der Waals surface area contributed by atoms with Gasteiger partial charge in [0, 0.05) is 25.8 Å². The summed E-state index contributed by atoms with van der Waals surface area (Å²) in [5.41, 5.74) is 7.70. The second-order valence-corrected chi connectivity index (χ2v) is 18.8. The summed E-state index contributed by atoms with van der Waals surface area (Å²) in [6, 6.07) is 32.7. The van der Waals surface area contributed by atoms with Crippen LogP contribution in [0.2, 0.25) is 0 Å². The highest BCUT2D eigenvalue weighted by Gasteiger charge is 2.25. The quantitative estimate of drug-likeness (QED) is 0.107. The van der Waals surface area contributed by atoms with Crippen LogP contribution >= 0.6 is 0 Å². The van der Waals surface area contributed by atoms with Crippen LogP contribution < -0.4 is 9.30 Å². The molecule has 322 valence electrons. The van der Waals surface area contributed by atoms with Crippen LogP contribution in [-0.2, 0) is 17.2 Å². The van der Waals surface area contributed by atoms with Gasteiger partial charge < -0.3 is 4.74 Å². The molecule has 5 nitrogen and oxygen atoms in total. The number of ether oxygens (including phenoxy) is 1. The van der Waals surface area contributed by atoms with Gasteiger partial charge in [-0.1, -0.05) is 170 Å². The molecule has 0 amide bonds. The van der Waals surface area contributed by atoms with Crippen molar-refractivity contribution in [1.82, 2.24) is 14.1 Å². The maximum absolute atomic E-state index is 9.21. The minimum atomic E-state index is -1.72. The molecule has 0 aliphatic carbocycles. The molecule has 0 spiro atoms. The van der Waals surface area contributed by atoms with Crippen molar-refractivity contribution in [2.75, 3.05) is 0 Å². The summed E-state index contributed by atoms with van der Waals surface area (Å²) in [4.78, 5) is 4.63. The van der Waals surface area contributed by atoms with Gasteiger partial charge in [-0.3, -0.25) is 13.7 Å². The first-order valence-corrected chi connectivity index (χ1v) is 21.9. The Morgan fingerprint density at radius 1 is 0.646 bits per heavy atom. The molecule has 0 saturated carbocycles. The first-order chi connectivity index (χ1) is 35.8. The van der Waals surface area contributed by atoms with Crippen molar-refractivity contribution in [1.29, 1.82) is 0 Å². The van der Waals surface area contributed by atoms with E-state index < -0.39 is 30.5 Å². The van der Waals surface area contributed by atoms with E-state index in [0.29, 0.717) is 50.3 Å². The average Bonchev–Trinajstić information content (AvgIpc) is 4.15. The summed E-state index contributed by atoms with van der Waals surface area (Å²) < 4.78 is 109. The van der Waals surface area contributed by atoms with Gasteiger partial charge in [0.2, 0.25) is 0 Å². The lowest BCUT2D eigenvalue weighted by molar-refractivity contribution is -0.571. The van der Waals surface area contributed by atoms with Crippen LogP contribution in [0.4, 0.5) is 0 Å². The van der Waals surface area contributed by atoms with E-state index in [1.165, 1.54) is 6.20 Å². The van der Waals surface area contributed by atoms with Crippen molar-refractivity contribution in [3.8, 4) is 50.9 Å². The molecule has 65 heavy (non-hydrogen) atoms. The van der Waals surface area contributed by atoms with Gasteiger partial charge in [0.25, 0.3) is 6.33 Å². The number of nitrogens with zero attached hydrogens (tertiary/aromatic N) is 4. The molecule has 0 atom stereocenters. The van der Waals surface area contributed by atoms with Crippen LogP contribution in [0.3, 0.4) is 0 Å². The molecule has 0 fully saturated rings. The Morgan fingerprint density at radius 3 is 2.09 bits per heavy atom. The molecule has 3 aromatic heterocycles. The van der Waals surface area contributed by atoms with Gasteiger partial charge >= 0.3 is 0 Å². The molecule has 0 aliphatic heterocycles. The number of benzene rings is 7. The zero-order chi connectivity index (χ0) is 54.7. The van der Waals surface area contributed by atoms with Crippen LogP contribution in [-0.4, -0.2) is 14.1 Å². The fourth-order valence-corrected chi connectivity index (χ4v) is 8.45. The highest BCUT2D eigenvalue weighted by Crippen LogP contribution is 2.40. The van der Waals surface area contributed by atoms with Gasteiger partial charge in [-0.25, -0.2) is 4.98 Å². The fourth-order valence-electron chi connectivity index (χ4n) is 8.45. The van der Waals surface area contributed by atoms with E-state index in [0.717, 1.165) is 33.3 Å². The molecule has 7 aromatic carbocycles. The highest BCUT2D eigenvalue weighted by molar-refractivity contribution is 6.09. The fraction of sp³-hybridized carbons (Fsp3) is 0.200. The van der Waals surface area contributed by atoms with Crippen molar-refractivity contribution in [2.24, 2.45) is 5.92 Å². The number of pyridine rings is 1. The third kappa shape index (κ3) is 8.01. The van der Waals surface area contributed by atoms with Crippen molar-refractivity contribution in [3.05, 3.63) is 199 Å². The largest absolute Gasteiger partial charge is 0.458 e. The average molecular weight is 860 g/mol. The van der Waals surface area contributed by atoms with E-state index in [2.05, 4.69) is 71.1 Å². The number of aromatic nitrogens is 4. The van der Waals surface area contributed by atoms with Gasteiger partial charge in [0.05, 0.1) is 45.8 Å². The zero-order valence-corrected chi connectivity index (χ0v) is 37.8. The highest BCUT2D eigenvalue weighted by atomic mass is 16.5. The summed E-state index contributed by atoms with van der Waals surface area (Å²) in [5.74, 6) is 0.741. The van der Waals surface area contributed by atoms with Crippen molar-refractivity contribution in [3.63, 3.8) is 0 Å². The molecule has 0 N–H and O–H groups in total. The summed E-state index contributed by atoms with van der Waals surface area (Å²) in [6.07, 6.45) is 3.42. The number of hydrogen-bond donors (Lipinski definition) is 0. The van der Waals surface area contributed by atoms with E-state index in [1.807, 2.05) is 69.8 Å². The SMILES string of the molecule is [2H]c1c([2H])c([2H])c(-c2cccc(-c3cc(C(C)(C)C)cc(C(C)(C)C)c3)c2-[n+]2[c-]n(-c3cccc(Oc4ccc5c6c([2H])c([2H])c([2H])c([2H])c6n(-c6cc(C([2H])([2H])C(C)C)ccn6)c5c4)c3)c3ccccc32)c([2H])c1[2H]. The van der Waals surface area contributed by atoms with E-state index in [-0.39, 0.29) is 63.9 Å². The summed E-state index contributed by atoms with van der Waals surface area (Å²) in [5, 5.41) is 0.827. The van der Waals surface area contributed by atoms with E-state index >= 15 is 0 Å². The van der Waals surface area contributed by atoms with Gasteiger partial charge in [0.15, 0.2) is 0 Å². The monoisotopic (exact) mass is 860 g/mol. The van der Waals surface area contributed by atoms with Crippen LogP contribution in [0.1, 0.15) is 87.2 Å². The van der Waals surface area contributed by atoms with E-state index in [9.17, 15) is 2.74 Å². The maximum atomic E-state index is 9.21. The van der Waals surface area contributed by atoms with Gasteiger partial charge in [-0.2, -0.15) is 0 Å². The second-order valence-electron chi connectivity index (χ2n) is 18.8. The molecular formula is C60H56N4O. The third-order valence-electron chi connectivity index (χ3n) is 11.7. The number of imidazole rings is 1. The predicted octanol–water partition coefficient (Wildman–Crippen LogP) is 15.1. The smallest absolute Gasteiger partial charge is 0.269 e. The minimum Gasteiger partial charge on any atom is -0.458 e. The van der Waals surface area contributed by atoms with Crippen molar-refractivity contribution >= 4 is 32.8 Å². The predicted molar refractivity (Wildman–Crippen MR) is 269 cm³/mol.